The summed E-state index contributed by atoms with van der Waals surface area (Å²) in [7, 11) is 5.05. The van der Waals surface area contributed by atoms with Gasteiger partial charge in [0, 0.05) is 29.3 Å². The van der Waals surface area contributed by atoms with E-state index in [1.54, 1.807) is 30.9 Å². The van der Waals surface area contributed by atoms with E-state index in [4.69, 9.17) is 9.47 Å². The number of carbonyl (C=O) groups is 1. The third kappa shape index (κ3) is 4.94. The van der Waals surface area contributed by atoms with Crippen molar-refractivity contribution in [3.05, 3.63) is 53.1 Å². The molecule has 2 aromatic rings. The molecule has 0 saturated heterocycles. The molecule has 2 aromatic carbocycles. The molecule has 0 radical (unpaired) electrons. The topological polar surface area (TPSA) is 38.8 Å². The minimum absolute atomic E-state index is 0.000261. The number of aryl methyl sites for hydroxylation is 1. The van der Waals surface area contributed by atoms with Crippen molar-refractivity contribution < 1.29 is 14.3 Å². The van der Waals surface area contributed by atoms with Gasteiger partial charge in [0.15, 0.2) is 11.5 Å². The first kappa shape index (κ1) is 20.2. The van der Waals surface area contributed by atoms with E-state index in [1.165, 1.54) is 4.90 Å². The molecule has 0 aromatic heterocycles. The molecule has 0 saturated carbocycles. The lowest BCUT2D eigenvalue weighted by Crippen LogP contribution is -2.26. The highest BCUT2D eigenvalue weighted by molar-refractivity contribution is 7.99. The van der Waals surface area contributed by atoms with Crippen LogP contribution in [0.5, 0.6) is 11.5 Å². The SMILES string of the molecule is COc1cc(C)c(CN(C)C(=O)c2ccc(SC(C)C)cc2)cc1OC. The van der Waals surface area contributed by atoms with Gasteiger partial charge in [0.1, 0.15) is 0 Å². The molecular weight excluding hydrogens is 346 g/mol. The molecule has 0 spiro atoms. The maximum Gasteiger partial charge on any atom is 0.253 e. The van der Waals surface area contributed by atoms with E-state index < -0.39 is 0 Å². The smallest absolute Gasteiger partial charge is 0.253 e. The third-order valence-electron chi connectivity index (χ3n) is 4.07. The summed E-state index contributed by atoms with van der Waals surface area (Å²) in [5.41, 5.74) is 2.79. The molecule has 0 bridgehead atoms. The summed E-state index contributed by atoms with van der Waals surface area (Å²) in [4.78, 5) is 15.6. The summed E-state index contributed by atoms with van der Waals surface area (Å²) in [6.07, 6.45) is 0. The number of benzene rings is 2. The average molecular weight is 374 g/mol. The lowest BCUT2D eigenvalue weighted by atomic mass is 10.1. The van der Waals surface area contributed by atoms with Crippen LogP contribution in [-0.2, 0) is 6.54 Å². The van der Waals surface area contributed by atoms with Crippen LogP contribution >= 0.6 is 11.8 Å². The minimum Gasteiger partial charge on any atom is -0.493 e. The van der Waals surface area contributed by atoms with Gasteiger partial charge in [-0.15, -0.1) is 11.8 Å². The van der Waals surface area contributed by atoms with Gasteiger partial charge in [0.25, 0.3) is 5.91 Å². The van der Waals surface area contributed by atoms with Gasteiger partial charge in [-0.2, -0.15) is 0 Å². The molecule has 0 aliphatic heterocycles. The second kappa shape index (κ2) is 8.99. The molecule has 0 aliphatic rings. The third-order valence-corrected chi connectivity index (χ3v) is 5.09. The van der Waals surface area contributed by atoms with Crippen molar-refractivity contribution in [3.63, 3.8) is 0 Å². The van der Waals surface area contributed by atoms with Crippen LogP contribution in [0.4, 0.5) is 0 Å². The van der Waals surface area contributed by atoms with Crippen LogP contribution in [0.25, 0.3) is 0 Å². The predicted molar refractivity (Wildman–Crippen MR) is 108 cm³/mol. The Morgan fingerprint density at radius 1 is 1.08 bits per heavy atom. The highest BCUT2D eigenvalue weighted by Gasteiger charge is 2.15. The number of methoxy groups -OCH3 is 2. The van der Waals surface area contributed by atoms with Gasteiger partial charge in [-0.3, -0.25) is 4.79 Å². The largest absolute Gasteiger partial charge is 0.493 e. The summed E-state index contributed by atoms with van der Waals surface area (Å²) in [6.45, 7) is 6.83. The van der Waals surface area contributed by atoms with Gasteiger partial charge in [0.05, 0.1) is 14.2 Å². The first-order valence-electron chi connectivity index (χ1n) is 8.59. The Labute approximate surface area is 160 Å². The van der Waals surface area contributed by atoms with Crippen molar-refractivity contribution in [2.75, 3.05) is 21.3 Å². The van der Waals surface area contributed by atoms with Gasteiger partial charge in [-0.05, 0) is 54.4 Å². The molecule has 0 N–H and O–H groups in total. The predicted octanol–water partition coefficient (Wildman–Crippen LogP) is 4.78. The van der Waals surface area contributed by atoms with Gasteiger partial charge in [0.2, 0.25) is 0 Å². The number of hydrogen-bond donors (Lipinski definition) is 0. The number of thioether (sulfide) groups is 1. The Morgan fingerprint density at radius 3 is 2.19 bits per heavy atom. The number of hydrogen-bond acceptors (Lipinski definition) is 4. The summed E-state index contributed by atoms with van der Waals surface area (Å²) in [5.74, 6) is 1.37. The van der Waals surface area contributed by atoms with E-state index in [0.29, 0.717) is 28.9 Å². The van der Waals surface area contributed by atoms with Crippen LogP contribution in [-0.4, -0.2) is 37.3 Å². The summed E-state index contributed by atoms with van der Waals surface area (Å²) in [5, 5.41) is 0.521. The van der Waals surface area contributed by atoms with Crippen LogP contribution in [0.3, 0.4) is 0 Å². The molecule has 26 heavy (non-hydrogen) atoms. The average Bonchev–Trinajstić information content (AvgIpc) is 2.62. The normalized spacial score (nSPS) is 10.7. The second-order valence-electron chi connectivity index (χ2n) is 6.49. The standard InChI is InChI=1S/C21H27NO3S/c1-14(2)26-18-9-7-16(8-10-18)21(23)22(4)13-17-12-20(25-6)19(24-5)11-15(17)3/h7-12,14H,13H2,1-6H3. The van der Waals surface area contributed by atoms with Crippen LogP contribution in [0.2, 0.25) is 0 Å². The molecule has 0 aliphatic carbocycles. The zero-order chi connectivity index (χ0) is 19.3. The number of rotatable bonds is 7. The Balaban J connectivity index is 2.14. The van der Waals surface area contributed by atoms with E-state index in [2.05, 4.69) is 13.8 Å². The fourth-order valence-electron chi connectivity index (χ4n) is 2.69. The monoisotopic (exact) mass is 373 g/mol. The molecule has 4 nitrogen and oxygen atoms in total. The first-order chi connectivity index (χ1) is 12.3. The van der Waals surface area contributed by atoms with Crippen LogP contribution in [0, 0.1) is 6.92 Å². The van der Waals surface area contributed by atoms with Gasteiger partial charge >= 0.3 is 0 Å². The number of nitrogens with zero attached hydrogens (tertiary/aromatic N) is 1. The van der Waals surface area contributed by atoms with Crippen LogP contribution in [0.15, 0.2) is 41.3 Å². The molecule has 2 rings (SSSR count). The van der Waals surface area contributed by atoms with Crippen molar-refractivity contribution in [1.29, 1.82) is 0 Å². The van der Waals surface area contributed by atoms with E-state index in [-0.39, 0.29) is 5.91 Å². The van der Waals surface area contributed by atoms with Crippen LogP contribution in [0.1, 0.15) is 35.3 Å². The number of carbonyl (C=O) groups excluding carboxylic acids is 1. The summed E-state index contributed by atoms with van der Waals surface area (Å²) in [6, 6.07) is 11.7. The van der Waals surface area contributed by atoms with Crippen molar-refractivity contribution >= 4 is 17.7 Å². The molecular formula is C21H27NO3S. The zero-order valence-corrected chi connectivity index (χ0v) is 17.1. The maximum absolute atomic E-state index is 12.7. The number of ether oxygens (including phenoxy) is 2. The molecule has 0 atom stereocenters. The first-order valence-corrected chi connectivity index (χ1v) is 9.47. The van der Waals surface area contributed by atoms with E-state index in [9.17, 15) is 4.79 Å². The van der Waals surface area contributed by atoms with Crippen molar-refractivity contribution in [1.82, 2.24) is 4.90 Å². The minimum atomic E-state index is 0.000261. The molecule has 1 amide bonds. The fraction of sp³-hybridized carbons (Fsp3) is 0.381. The summed E-state index contributed by atoms with van der Waals surface area (Å²) >= 11 is 1.79. The van der Waals surface area contributed by atoms with Crippen molar-refractivity contribution in [3.8, 4) is 11.5 Å². The molecule has 5 heteroatoms. The van der Waals surface area contributed by atoms with E-state index in [1.807, 2.05) is 50.4 Å². The Hall–Kier alpha value is -2.14. The highest BCUT2D eigenvalue weighted by Crippen LogP contribution is 2.31. The lowest BCUT2D eigenvalue weighted by Gasteiger charge is -2.20. The molecule has 0 fully saturated rings. The number of amides is 1. The van der Waals surface area contributed by atoms with Crippen LogP contribution < -0.4 is 9.47 Å². The zero-order valence-electron chi connectivity index (χ0n) is 16.3. The summed E-state index contributed by atoms with van der Waals surface area (Å²) < 4.78 is 10.7. The van der Waals surface area contributed by atoms with E-state index in [0.717, 1.165) is 11.1 Å². The fourth-order valence-corrected chi connectivity index (χ4v) is 3.53. The molecule has 0 heterocycles. The molecule has 0 unspecified atom stereocenters. The van der Waals surface area contributed by atoms with Gasteiger partial charge < -0.3 is 14.4 Å². The maximum atomic E-state index is 12.7. The highest BCUT2D eigenvalue weighted by atomic mass is 32.2. The lowest BCUT2D eigenvalue weighted by molar-refractivity contribution is 0.0784. The van der Waals surface area contributed by atoms with Gasteiger partial charge in [-0.25, -0.2) is 0 Å². The second-order valence-corrected chi connectivity index (χ2v) is 8.14. The van der Waals surface area contributed by atoms with Gasteiger partial charge in [-0.1, -0.05) is 13.8 Å². The van der Waals surface area contributed by atoms with Crippen molar-refractivity contribution in [2.24, 2.45) is 0 Å². The van der Waals surface area contributed by atoms with E-state index >= 15 is 0 Å². The Morgan fingerprint density at radius 2 is 1.65 bits per heavy atom. The van der Waals surface area contributed by atoms with Crippen molar-refractivity contribution in [2.45, 2.75) is 37.5 Å². The quantitative estimate of drug-likeness (QED) is 0.655. The Kier molecular flexibility index (Phi) is 6.98. The molecule has 140 valence electrons. The Bertz CT molecular complexity index is 757.